The summed E-state index contributed by atoms with van der Waals surface area (Å²) in [5.41, 5.74) is 0. The largest absolute Gasteiger partial charge is 0.481 e. The first-order chi connectivity index (χ1) is 10.8. The van der Waals surface area contributed by atoms with Gasteiger partial charge < -0.3 is 15.0 Å². The zero-order valence-corrected chi connectivity index (χ0v) is 13.4. The second-order valence-electron chi connectivity index (χ2n) is 4.90. The first-order valence-corrected chi connectivity index (χ1v) is 8.26. The van der Waals surface area contributed by atoms with Gasteiger partial charge in [-0.15, -0.1) is 0 Å². The molecular formula is C14H18N6OS. The molecule has 7 nitrogen and oxygen atoms in total. The summed E-state index contributed by atoms with van der Waals surface area (Å²) in [6.45, 7) is 1.82. The molecule has 0 aliphatic carbocycles. The smallest absolute Gasteiger partial charge is 0.226 e. The van der Waals surface area contributed by atoms with Crippen LogP contribution >= 0.6 is 11.8 Å². The van der Waals surface area contributed by atoms with E-state index < -0.39 is 0 Å². The van der Waals surface area contributed by atoms with Crippen LogP contribution in [0.2, 0.25) is 0 Å². The minimum atomic E-state index is 0.291. The van der Waals surface area contributed by atoms with Gasteiger partial charge in [-0.3, -0.25) is 0 Å². The van der Waals surface area contributed by atoms with E-state index in [1.54, 1.807) is 37.3 Å². The molecule has 8 heteroatoms. The van der Waals surface area contributed by atoms with Crippen LogP contribution in [0, 0.1) is 0 Å². The second-order valence-corrected chi connectivity index (χ2v) is 5.67. The molecule has 0 amide bonds. The molecule has 0 spiro atoms. The first kappa shape index (κ1) is 14.8. The maximum absolute atomic E-state index is 5.11. The number of anilines is 2. The summed E-state index contributed by atoms with van der Waals surface area (Å²) < 4.78 is 5.11. The molecule has 1 unspecified atom stereocenters. The topological polar surface area (TPSA) is 76.1 Å². The summed E-state index contributed by atoms with van der Waals surface area (Å²) in [6, 6.07) is 3.97. The third-order valence-electron chi connectivity index (χ3n) is 3.49. The molecule has 3 rings (SSSR count). The molecule has 1 aliphatic rings. The fraction of sp³-hybridized carbons (Fsp3) is 0.429. The van der Waals surface area contributed by atoms with Crippen LogP contribution in [0.5, 0.6) is 5.88 Å². The van der Waals surface area contributed by atoms with Crippen molar-refractivity contribution in [3.8, 4) is 5.88 Å². The summed E-state index contributed by atoms with van der Waals surface area (Å²) >= 11 is 1.55. The number of methoxy groups -OCH3 is 1. The van der Waals surface area contributed by atoms with Crippen molar-refractivity contribution < 1.29 is 4.74 Å². The summed E-state index contributed by atoms with van der Waals surface area (Å²) in [6.07, 6.45) is 6.49. The van der Waals surface area contributed by atoms with E-state index in [-0.39, 0.29) is 0 Å². The van der Waals surface area contributed by atoms with Gasteiger partial charge in [-0.25, -0.2) is 15.0 Å². The fourth-order valence-electron chi connectivity index (χ4n) is 2.40. The normalized spacial score (nSPS) is 17.5. The van der Waals surface area contributed by atoms with Crippen LogP contribution < -0.4 is 15.0 Å². The van der Waals surface area contributed by atoms with Gasteiger partial charge in [-0.1, -0.05) is 11.8 Å². The van der Waals surface area contributed by atoms with Crippen molar-refractivity contribution in [1.29, 1.82) is 0 Å². The predicted molar refractivity (Wildman–Crippen MR) is 86.6 cm³/mol. The van der Waals surface area contributed by atoms with Gasteiger partial charge >= 0.3 is 0 Å². The van der Waals surface area contributed by atoms with E-state index in [1.807, 2.05) is 12.3 Å². The van der Waals surface area contributed by atoms with Gasteiger partial charge in [0.15, 0.2) is 5.16 Å². The van der Waals surface area contributed by atoms with Crippen molar-refractivity contribution in [2.45, 2.75) is 17.6 Å². The lowest BCUT2D eigenvalue weighted by Crippen LogP contribution is -2.27. The predicted octanol–water partition coefficient (Wildman–Crippen LogP) is 1.69. The minimum absolute atomic E-state index is 0.291. The van der Waals surface area contributed by atoms with Crippen molar-refractivity contribution in [2.75, 3.05) is 36.7 Å². The minimum Gasteiger partial charge on any atom is -0.481 e. The molecule has 2 aromatic heterocycles. The van der Waals surface area contributed by atoms with Crippen molar-refractivity contribution in [3.05, 3.63) is 24.5 Å². The molecule has 0 bridgehead atoms. The Hall–Kier alpha value is -2.09. The van der Waals surface area contributed by atoms with Gasteiger partial charge in [-0.2, -0.15) is 4.98 Å². The van der Waals surface area contributed by atoms with Gasteiger partial charge in [0.1, 0.15) is 5.82 Å². The molecule has 1 saturated heterocycles. The molecule has 0 saturated carbocycles. The van der Waals surface area contributed by atoms with Crippen LogP contribution in [0.15, 0.2) is 29.7 Å². The van der Waals surface area contributed by atoms with Crippen LogP contribution in [0.1, 0.15) is 6.42 Å². The molecule has 3 heterocycles. The zero-order chi connectivity index (χ0) is 15.4. The van der Waals surface area contributed by atoms with E-state index in [4.69, 9.17) is 4.74 Å². The molecule has 1 N–H and O–H groups in total. The Morgan fingerprint density at radius 2 is 2.14 bits per heavy atom. The molecule has 1 atom stereocenters. The highest BCUT2D eigenvalue weighted by molar-refractivity contribution is 7.98. The summed E-state index contributed by atoms with van der Waals surface area (Å²) in [4.78, 5) is 19.5. The van der Waals surface area contributed by atoms with Crippen LogP contribution in [0.4, 0.5) is 11.8 Å². The lowest BCUT2D eigenvalue weighted by Gasteiger charge is -2.18. The van der Waals surface area contributed by atoms with Crippen LogP contribution in [-0.2, 0) is 0 Å². The Kier molecular flexibility index (Phi) is 4.57. The maximum Gasteiger partial charge on any atom is 0.226 e. The Morgan fingerprint density at radius 1 is 1.27 bits per heavy atom. The van der Waals surface area contributed by atoms with Crippen molar-refractivity contribution in [2.24, 2.45) is 0 Å². The molecule has 2 aromatic rings. The number of aromatic nitrogens is 4. The van der Waals surface area contributed by atoms with Crippen LogP contribution in [0.25, 0.3) is 0 Å². The van der Waals surface area contributed by atoms with Crippen LogP contribution in [0.3, 0.4) is 0 Å². The molecule has 0 aromatic carbocycles. The lowest BCUT2D eigenvalue weighted by molar-refractivity contribution is 0.397. The van der Waals surface area contributed by atoms with Gasteiger partial charge in [-0.05, 0) is 18.7 Å². The number of nitrogens with one attached hydrogen (secondary N) is 1. The Labute approximate surface area is 133 Å². The van der Waals surface area contributed by atoms with Gasteiger partial charge in [0.2, 0.25) is 11.8 Å². The summed E-state index contributed by atoms with van der Waals surface area (Å²) in [5, 5.41) is 4.15. The third-order valence-corrected chi connectivity index (χ3v) is 4.05. The fourth-order valence-corrected chi connectivity index (χ4v) is 2.75. The van der Waals surface area contributed by atoms with E-state index in [9.17, 15) is 0 Å². The van der Waals surface area contributed by atoms with E-state index in [0.29, 0.717) is 17.9 Å². The molecule has 1 fully saturated rings. The number of rotatable bonds is 5. The van der Waals surface area contributed by atoms with E-state index in [1.165, 1.54) is 0 Å². The van der Waals surface area contributed by atoms with E-state index in [2.05, 4.69) is 30.2 Å². The lowest BCUT2D eigenvalue weighted by atomic mass is 10.3. The SMILES string of the molecule is COc1ccnc(NC2CCN(c3ccnc(SC)n3)C2)n1. The number of nitrogens with zero attached hydrogens (tertiary/aromatic N) is 5. The average Bonchev–Trinajstić information content (AvgIpc) is 3.03. The third kappa shape index (κ3) is 3.38. The standard InChI is InChI=1S/C14H18N6OS/c1-21-12-4-7-15-13(19-12)17-10-5-8-20(9-10)11-3-6-16-14(18-11)22-2/h3-4,6-7,10H,5,8-9H2,1-2H3,(H,15,17,19). The highest BCUT2D eigenvalue weighted by Crippen LogP contribution is 2.21. The first-order valence-electron chi connectivity index (χ1n) is 7.04. The number of thioether (sulfide) groups is 1. The van der Waals surface area contributed by atoms with E-state index >= 15 is 0 Å². The summed E-state index contributed by atoms with van der Waals surface area (Å²) in [5.74, 6) is 2.13. The molecule has 22 heavy (non-hydrogen) atoms. The van der Waals surface area contributed by atoms with E-state index in [0.717, 1.165) is 30.5 Å². The Bertz CT molecular complexity index is 640. The van der Waals surface area contributed by atoms with Crippen LogP contribution in [-0.4, -0.2) is 52.4 Å². The molecular weight excluding hydrogens is 300 g/mol. The van der Waals surface area contributed by atoms with Gasteiger partial charge in [0.05, 0.1) is 7.11 Å². The zero-order valence-electron chi connectivity index (χ0n) is 12.6. The quantitative estimate of drug-likeness (QED) is 0.659. The molecule has 0 radical (unpaired) electrons. The second kappa shape index (κ2) is 6.78. The monoisotopic (exact) mass is 318 g/mol. The maximum atomic E-state index is 5.11. The Morgan fingerprint density at radius 3 is 2.95 bits per heavy atom. The number of hydrogen-bond acceptors (Lipinski definition) is 8. The van der Waals surface area contributed by atoms with Crippen molar-refractivity contribution in [3.63, 3.8) is 0 Å². The number of ether oxygens (including phenoxy) is 1. The molecule has 1 aliphatic heterocycles. The van der Waals surface area contributed by atoms with Gasteiger partial charge in [0, 0.05) is 37.6 Å². The highest BCUT2D eigenvalue weighted by atomic mass is 32.2. The summed E-state index contributed by atoms with van der Waals surface area (Å²) in [7, 11) is 1.60. The molecule has 116 valence electrons. The van der Waals surface area contributed by atoms with Crippen molar-refractivity contribution in [1.82, 2.24) is 19.9 Å². The van der Waals surface area contributed by atoms with Crippen molar-refractivity contribution >= 4 is 23.5 Å². The Balaban J connectivity index is 1.64. The number of hydrogen-bond donors (Lipinski definition) is 1. The van der Waals surface area contributed by atoms with Gasteiger partial charge in [0.25, 0.3) is 0 Å². The highest BCUT2D eigenvalue weighted by Gasteiger charge is 2.24. The average molecular weight is 318 g/mol.